The van der Waals surface area contributed by atoms with Crippen LogP contribution in [0.1, 0.15) is 46.3 Å². The highest BCUT2D eigenvalue weighted by molar-refractivity contribution is 5.95. The van der Waals surface area contributed by atoms with Crippen molar-refractivity contribution >= 4 is 11.8 Å². The highest BCUT2D eigenvalue weighted by Gasteiger charge is 2.32. The molecular formula is C19H25N5O3. The van der Waals surface area contributed by atoms with Gasteiger partial charge in [-0.25, -0.2) is 0 Å². The van der Waals surface area contributed by atoms with E-state index in [1.807, 2.05) is 6.92 Å². The summed E-state index contributed by atoms with van der Waals surface area (Å²) in [6, 6.07) is 4.69. The van der Waals surface area contributed by atoms with Crippen molar-refractivity contribution in [3.05, 3.63) is 47.5 Å². The van der Waals surface area contributed by atoms with Gasteiger partial charge >= 0.3 is 0 Å². The first-order chi connectivity index (χ1) is 13.0. The molecule has 1 fully saturated rings. The van der Waals surface area contributed by atoms with Crippen LogP contribution in [0, 0.1) is 6.92 Å². The maximum atomic E-state index is 12.8. The fraction of sp³-hybridized carbons (Fsp3) is 0.474. The Hall–Kier alpha value is -2.74. The number of β-amino-alcohol motifs (C(OH)–C–C–N with tert-alkyl or cyclic N) is 1. The molecule has 8 heteroatoms. The topological polar surface area (TPSA) is 100 Å². The van der Waals surface area contributed by atoms with Gasteiger partial charge in [0.1, 0.15) is 5.69 Å². The van der Waals surface area contributed by atoms with Crippen LogP contribution in [0.5, 0.6) is 0 Å². The molecule has 2 aromatic heterocycles. The molecule has 2 atom stereocenters. The van der Waals surface area contributed by atoms with E-state index < -0.39 is 12.1 Å². The van der Waals surface area contributed by atoms with E-state index in [0.717, 1.165) is 13.0 Å². The van der Waals surface area contributed by atoms with E-state index in [2.05, 4.69) is 22.3 Å². The maximum absolute atomic E-state index is 12.8. The van der Waals surface area contributed by atoms with Crippen molar-refractivity contribution in [3.8, 4) is 0 Å². The number of pyridine rings is 1. The van der Waals surface area contributed by atoms with Gasteiger partial charge in [-0.1, -0.05) is 13.0 Å². The highest BCUT2D eigenvalue weighted by Crippen LogP contribution is 2.17. The SMILES string of the molecule is CCCn1cc(C(=O)N2CC[C@@H](NC(=O)c3ccccn3)[C@H](O)C2)c(C)n1. The number of nitrogens with zero attached hydrogens (tertiary/aromatic N) is 4. The number of rotatable bonds is 5. The average Bonchev–Trinajstić information content (AvgIpc) is 3.04. The predicted octanol–water partition coefficient (Wildman–Crippen LogP) is 1.00. The van der Waals surface area contributed by atoms with Crippen LogP contribution in [-0.4, -0.2) is 61.8 Å². The van der Waals surface area contributed by atoms with Crippen molar-refractivity contribution in [2.24, 2.45) is 0 Å². The first-order valence-electron chi connectivity index (χ1n) is 9.23. The summed E-state index contributed by atoms with van der Waals surface area (Å²) in [5.74, 6) is -0.459. The molecule has 1 saturated heterocycles. The number of carbonyl (C=O) groups is 2. The van der Waals surface area contributed by atoms with E-state index in [-0.39, 0.29) is 18.4 Å². The van der Waals surface area contributed by atoms with Gasteiger partial charge in [-0.05, 0) is 31.9 Å². The first-order valence-corrected chi connectivity index (χ1v) is 9.23. The van der Waals surface area contributed by atoms with Gasteiger partial charge < -0.3 is 15.3 Å². The molecule has 144 valence electrons. The molecule has 2 N–H and O–H groups in total. The lowest BCUT2D eigenvalue weighted by atomic mass is 10.0. The molecule has 1 aliphatic rings. The van der Waals surface area contributed by atoms with E-state index in [0.29, 0.717) is 29.9 Å². The number of aliphatic hydroxyl groups is 1. The Morgan fingerprint density at radius 3 is 2.85 bits per heavy atom. The Morgan fingerprint density at radius 2 is 2.19 bits per heavy atom. The summed E-state index contributed by atoms with van der Waals surface area (Å²) in [7, 11) is 0. The van der Waals surface area contributed by atoms with E-state index in [4.69, 9.17) is 0 Å². The number of piperidine rings is 1. The second-order valence-corrected chi connectivity index (χ2v) is 6.79. The molecule has 3 heterocycles. The molecule has 0 aromatic carbocycles. The quantitative estimate of drug-likeness (QED) is 0.817. The molecular weight excluding hydrogens is 346 g/mol. The van der Waals surface area contributed by atoms with Crippen LogP contribution in [0.15, 0.2) is 30.6 Å². The number of carbonyl (C=O) groups excluding carboxylic acids is 2. The van der Waals surface area contributed by atoms with Gasteiger partial charge in [0.05, 0.1) is 23.4 Å². The van der Waals surface area contributed by atoms with Gasteiger partial charge in [0, 0.05) is 32.0 Å². The van der Waals surface area contributed by atoms with Crippen molar-refractivity contribution in [1.82, 2.24) is 25.0 Å². The summed E-state index contributed by atoms with van der Waals surface area (Å²) >= 11 is 0. The molecule has 1 aliphatic heterocycles. The molecule has 8 nitrogen and oxygen atoms in total. The minimum absolute atomic E-state index is 0.136. The van der Waals surface area contributed by atoms with Crippen molar-refractivity contribution in [1.29, 1.82) is 0 Å². The monoisotopic (exact) mass is 371 g/mol. The predicted molar refractivity (Wildman–Crippen MR) is 99.3 cm³/mol. The lowest BCUT2D eigenvalue weighted by Crippen LogP contribution is -2.55. The van der Waals surface area contributed by atoms with Gasteiger partial charge in [0.15, 0.2) is 0 Å². The summed E-state index contributed by atoms with van der Waals surface area (Å²) in [4.78, 5) is 30.7. The Bertz CT molecular complexity index is 805. The fourth-order valence-electron chi connectivity index (χ4n) is 3.27. The number of amides is 2. The van der Waals surface area contributed by atoms with Crippen molar-refractivity contribution in [2.75, 3.05) is 13.1 Å². The molecule has 0 saturated carbocycles. The zero-order valence-electron chi connectivity index (χ0n) is 15.6. The Balaban J connectivity index is 1.61. The Kier molecular flexibility index (Phi) is 5.85. The van der Waals surface area contributed by atoms with Crippen molar-refractivity contribution in [3.63, 3.8) is 0 Å². The van der Waals surface area contributed by atoms with Gasteiger partial charge in [-0.15, -0.1) is 0 Å². The summed E-state index contributed by atoms with van der Waals surface area (Å²) < 4.78 is 1.78. The zero-order valence-corrected chi connectivity index (χ0v) is 15.6. The van der Waals surface area contributed by atoms with E-state index in [1.54, 1.807) is 40.2 Å². The number of aliphatic hydroxyl groups excluding tert-OH is 1. The maximum Gasteiger partial charge on any atom is 0.270 e. The molecule has 27 heavy (non-hydrogen) atoms. The van der Waals surface area contributed by atoms with Gasteiger partial charge in [0.25, 0.3) is 11.8 Å². The van der Waals surface area contributed by atoms with Crippen LogP contribution >= 0.6 is 0 Å². The number of hydrogen-bond acceptors (Lipinski definition) is 5. The second-order valence-electron chi connectivity index (χ2n) is 6.79. The summed E-state index contributed by atoms with van der Waals surface area (Å²) in [5, 5.41) is 17.6. The van der Waals surface area contributed by atoms with Crippen LogP contribution in [0.25, 0.3) is 0 Å². The van der Waals surface area contributed by atoms with Crippen molar-refractivity contribution in [2.45, 2.75) is 45.4 Å². The number of hydrogen-bond donors (Lipinski definition) is 2. The van der Waals surface area contributed by atoms with Crippen LogP contribution < -0.4 is 5.32 Å². The normalized spacial score (nSPS) is 19.7. The summed E-state index contributed by atoms with van der Waals surface area (Å²) in [6.45, 7) is 5.26. The summed E-state index contributed by atoms with van der Waals surface area (Å²) in [6.07, 6.45) is 3.90. The molecule has 3 rings (SSSR count). The smallest absolute Gasteiger partial charge is 0.270 e. The van der Waals surface area contributed by atoms with Crippen molar-refractivity contribution < 1.29 is 14.7 Å². The van der Waals surface area contributed by atoms with Gasteiger partial charge in [0.2, 0.25) is 0 Å². The highest BCUT2D eigenvalue weighted by atomic mass is 16.3. The minimum atomic E-state index is -0.832. The fourth-order valence-corrected chi connectivity index (χ4v) is 3.27. The van der Waals surface area contributed by atoms with Crippen LogP contribution in [-0.2, 0) is 6.54 Å². The lowest BCUT2D eigenvalue weighted by molar-refractivity contribution is 0.0313. The van der Waals surface area contributed by atoms with Gasteiger partial charge in [-0.3, -0.25) is 19.3 Å². The van der Waals surface area contributed by atoms with Crippen LogP contribution in [0.2, 0.25) is 0 Å². The van der Waals surface area contributed by atoms with E-state index >= 15 is 0 Å². The number of likely N-dealkylation sites (tertiary alicyclic amines) is 1. The Morgan fingerprint density at radius 1 is 1.37 bits per heavy atom. The number of nitrogens with one attached hydrogen (secondary N) is 1. The third kappa shape index (κ3) is 4.33. The summed E-state index contributed by atoms with van der Waals surface area (Å²) in [5.41, 5.74) is 1.56. The lowest BCUT2D eigenvalue weighted by Gasteiger charge is -2.36. The third-order valence-electron chi connectivity index (χ3n) is 4.71. The van der Waals surface area contributed by atoms with E-state index in [9.17, 15) is 14.7 Å². The molecule has 0 bridgehead atoms. The zero-order chi connectivity index (χ0) is 19.4. The number of aryl methyl sites for hydroxylation is 2. The molecule has 0 aliphatic carbocycles. The molecule has 2 amide bonds. The minimum Gasteiger partial charge on any atom is -0.389 e. The molecule has 2 aromatic rings. The molecule has 0 unspecified atom stereocenters. The average molecular weight is 371 g/mol. The third-order valence-corrected chi connectivity index (χ3v) is 4.71. The first kappa shape index (κ1) is 19.0. The number of aromatic nitrogens is 3. The van der Waals surface area contributed by atoms with Gasteiger partial charge in [-0.2, -0.15) is 5.10 Å². The Labute approximate surface area is 158 Å². The van der Waals surface area contributed by atoms with E-state index in [1.165, 1.54) is 0 Å². The second kappa shape index (κ2) is 8.30. The van der Waals surface area contributed by atoms with Crippen LogP contribution in [0.3, 0.4) is 0 Å². The largest absolute Gasteiger partial charge is 0.389 e. The molecule has 0 spiro atoms. The van der Waals surface area contributed by atoms with Crippen LogP contribution in [0.4, 0.5) is 0 Å². The molecule has 0 radical (unpaired) electrons. The standard InChI is InChI=1S/C19H25N5O3/c1-3-9-24-11-14(13(2)22-24)19(27)23-10-7-15(17(25)12-23)21-18(26)16-6-4-5-8-20-16/h4-6,8,11,15,17,25H,3,7,9-10,12H2,1-2H3,(H,21,26)/t15-,17-/m1/s1.